The van der Waals surface area contributed by atoms with Crippen molar-refractivity contribution in [2.45, 2.75) is 37.2 Å². The predicted molar refractivity (Wildman–Crippen MR) is 82.3 cm³/mol. The number of hydrogen-bond donors (Lipinski definition) is 1. The van der Waals surface area contributed by atoms with E-state index < -0.39 is 0 Å². The summed E-state index contributed by atoms with van der Waals surface area (Å²) >= 11 is 1.46. The molecule has 1 aromatic carbocycles. The summed E-state index contributed by atoms with van der Waals surface area (Å²) in [6.07, 6.45) is 0.955. The van der Waals surface area contributed by atoms with Gasteiger partial charge in [0.2, 0.25) is 0 Å². The molecule has 1 heterocycles. The SMILES string of the molecule is CCCOc1cccc(Sc2nc(C)cc(C)n2)c1N. The molecule has 0 aliphatic rings. The van der Waals surface area contributed by atoms with Gasteiger partial charge in [0.1, 0.15) is 5.75 Å². The number of nitrogens with zero attached hydrogens (tertiary/aromatic N) is 2. The highest BCUT2D eigenvalue weighted by atomic mass is 32.2. The van der Waals surface area contributed by atoms with Crippen LogP contribution in [0.3, 0.4) is 0 Å². The number of ether oxygens (including phenoxy) is 1. The van der Waals surface area contributed by atoms with E-state index in [2.05, 4.69) is 16.9 Å². The molecule has 0 radical (unpaired) electrons. The largest absolute Gasteiger partial charge is 0.491 e. The van der Waals surface area contributed by atoms with E-state index in [1.165, 1.54) is 11.8 Å². The Bertz CT molecular complexity index is 581. The molecule has 4 nitrogen and oxygen atoms in total. The summed E-state index contributed by atoms with van der Waals surface area (Å²) in [5.74, 6) is 0.723. The Morgan fingerprint density at radius 1 is 1.20 bits per heavy atom. The van der Waals surface area contributed by atoms with Crippen molar-refractivity contribution in [3.8, 4) is 5.75 Å². The second-order valence-corrected chi connectivity index (χ2v) is 5.56. The summed E-state index contributed by atoms with van der Waals surface area (Å²) in [4.78, 5) is 9.76. The van der Waals surface area contributed by atoms with Crippen LogP contribution in [0.5, 0.6) is 5.75 Å². The van der Waals surface area contributed by atoms with E-state index in [-0.39, 0.29) is 0 Å². The van der Waals surface area contributed by atoms with Crippen LogP contribution >= 0.6 is 11.8 Å². The molecule has 0 amide bonds. The molecule has 5 heteroatoms. The van der Waals surface area contributed by atoms with Gasteiger partial charge >= 0.3 is 0 Å². The molecule has 0 atom stereocenters. The zero-order chi connectivity index (χ0) is 14.5. The van der Waals surface area contributed by atoms with Crippen LogP contribution in [0.15, 0.2) is 34.3 Å². The molecule has 20 heavy (non-hydrogen) atoms. The fourth-order valence-corrected chi connectivity index (χ4v) is 2.72. The lowest BCUT2D eigenvalue weighted by Gasteiger charge is -2.11. The summed E-state index contributed by atoms with van der Waals surface area (Å²) < 4.78 is 5.63. The van der Waals surface area contributed by atoms with Gasteiger partial charge < -0.3 is 10.5 Å². The first kappa shape index (κ1) is 14.7. The lowest BCUT2D eigenvalue weighted by molar-refractivity contribution is 0.318. The topological polar surface area (TPSA) is 61.0 Å². The van der Waals surface area contributed by atoms with Crippen LogP contribution in [0.2, 0.25) is 0 Å². The van der Waals surface area contributed by atoms with Gasteiger partial charge in [-0.15, -0.1) is 0 Å². The molecular formula is C15H19N3OS. The van der Waals surface area contributed by atoms with Crippen LogP contribution in [-0.4, -0.2) is 16.6 Å². The number of rotatable bonds is 5. The summed E-state index contributed by atoms with van der Waals surface area (Å²) in [5.41, 5.74) is 8.70. The Morgan fingerprint density at radius 3 is 2.55 bits per heavy atom. The Kier molecular flexibility index (Phi) is 4.84. The molecule has 0 bridgehead atoms. The zero-order valence-electron chi connectivity index (χ0n) is 12.0. The summed E-state index contributed by atoms with van der Waals surface area (Å²) in [5, 5.41) is 0.710. The number of aromatic nitrogens is 2. The highest BCUT2D eigenvalue weighted by Gasteiger charge is 2.09. The van der Waals surface area contributed by atoms with Gasteiger partial charge in [-0.3, -0.25) is 0 Å². The van der Waals surface area contributed by atoms with Crippen molar-refractivity contribution in [3.63, 3.8) is 0 Å². The van der Waals surface area contributed by atoms with Gasteiger partial charge in [0.05, 0.1) is 12.3 Å². The average Bonchev–Trinajstić information content (AvgIpc) is 2.38. The standard InChI is InChI=1S/C15H19N3OS/c1-4-8-19-12-6-5-7-13(14(12)16)20-15-17-10(2)9-11(3)18-15/h5-7,9H,4,8,16H2,1-3H3. The quantitative estimate of drug-likeness (QED) is 0.673. The smallest absolute Gasteiger partial charge is 0.192 e. The number of nitrogen functional groups attached to an aromatic ring is 1. The fourth-order valence-electron chi connectivity index (χ4n) is 1.79. The molecule has 0 saturated heterocycles. The van der Waals surface area contributed by atoms with E-state index in [1.807, 2.05) is 38.1 Å². The van der Waals surface area contributed by atoms with Crippen molar-refractivity contribution in [2.24, 2.45) is 0 Å². The lowest BCUT2D eigenvalue weighted by Crippen LogP contribution is -2.00. The van der Waals surface area contributed by atoms with Crippen molar-refractivity contribution >= 4 is 17.4 Å². The molecule has 2 aromatic rings. The Balaban J connectivity index is 2.24. The van der Waals surface area contributed by atoms with Crippen LogP contribution in [0.4, 0.5) is 5.69 Å². The fraction of sp³-hybridized carbons (Fsp3) is 0.333. The molecule has 0 spiro atoms. The first-order chi connectivity index (χ1) is 9.60. The summed E-state index contributed by atoms with van der Waals surface area (Å²) in [6.45, 7) is 6.66. The van der Waals surface area contributed by atoms with Crippen LogP contribution in [0.25, 0.3) is 0 Å². The van der Waals surface area contributed by atoms with Crippen LogP contribution in [-0.2, 0) is 0 Å². The van der Waals surface area contributed by atoms with Gasteiger partial charge in [-0.25, -0.2) is 9.97 Å². The lowest BCUT2D eigenvalue weighted by atomic mass is 10.3. The molecule has 0 fully saturated rings. The monoisotopic (exact) mass is 289 g/mol. The predicted octanol–water partition coefficient (Wildman–Crippen LogP) is 3.62. The van der Waals surface area contributed by atoms with Crippen molar-refractivity contribution in [1.29, 1.82) is 0 Å². The minimum atomic E-state index is 0.647. The first-order valence-electron chi connectivity index (χ1n) is 6.61. The first-order valence-corrected chi connectivity index (χ1v) is 7.43. The number of benzene rings is 1. The number of anilines is 1. The number of aryl methyl sites for hydroxylation is 2. The molecule has 106 valence electrons. The molecule has 0 saturated carbocycles. The summed E-state index contributed by atoms with van der Waals surface area (Å²) in [7, 11) is 0. The van der Waals surface area contributed by atoms with Crippen molar-refractivity contribution in [2.75, 3.05) is 12.3 Å². The van der Waals surface area contributed by atoms with Crippen molar-refractivity contribution < 1.29 is 4.74 Å². The van der Waals surface area contributed by atoms with Gasteiger partial charge in [0, 0.05) is 16.3 Å². The molecule has 0 aliphatic carbocycles. The molecule has 1 aromatic heterocycles. The summed E-state index contributed by atoms with van der Waals surface area (Å²) in [6, 6.07) is 7.73. The molecule has 2 N–H and O–H groups in total. The van der Waals surface area contributed by atoms with E-state index in [9.17, 15) is 0 Å². The Morgan fingerprint density at radius 2 is 1.90 bits per heavy atom. The van der Waals surface area contributed by atoms with Gasteiger partial charge in [0.25, 0.3) is 0 Å². The van der Waals surface area contributed by atoms with E-state index >= 15 is 0 Å². The van der Waals surface area contributed by atoms with Crippen molar-refractivity contribution in [3.05, 3.63) is 35.7 Å². The van der Waals surface area contributed by atoms with E-state index in [0.29, 0.717) is 17.5 Å². The molecule has 0 unspecified atom stereocenters. The normalized spacial score (nSPS) is 10.6. The molecule has 2 rings (SSSR count). The third-order valence-corrected chi connectivity index (χ3v) is 3.59. The van der Waals surface area contributed by atoms with Gasteiger partial charge in [-0.2, -0.15) is 0 Å². The van der Waals surface area contributed by atoms with E-state index in [4.69, 9.17) is 10.5 Å². The van der Waals surface area contributed by atoms with Gasteiger partial charge in [0.15, 0.2) is 5.16 Å². The van der Waals surface area contributed by atoms with Gasteiger partial charge in [-0.05, 0) is 50.2 Å². The maximum absolute atomic E-state index is 6.15. The zero-order valence-corrected chi connectivity index (χ0v) is 12.8. The minimum Gasteiger partial charge on any atom is -0.491 e. The molecular weight excluding hydrogens is 270 g/mol. The Hall–Kier alpha value is -1.75. The second-order valence-electron chi connectivity index (χ2n) is 4.55. The van der Waals surface area contributed by atoms with Crippen LogP contribution in [0.1, 0.15) is 24.7 Å². The number of para-hydroxylation sites is 1. The third-order valence-electron chi connectivity index (χ3n) is 2.65. The Labute approximate surface area is 123 Å². The highest BCUT2D eigenvalue weighted by molar-refractivity contribution is 7.99. The average molecular weight is 289 g/mol. The van der Waals surface area contributed by atoms with Crippen LogP contribution in [0, 0.1) is 13.8 Å². The van der Waals surface area contributed by atoms with E-state index in [1.54, 1.807) is 0 Å². The van der Waals surface area contributed by atoms with Gasteiger partial charge in [-0.1, -0.05) is 13.0 Å². The molecule has 0 aliphatic heterocycles. The maximum atomic E-state index is 6.15. The van der Waals surface area contributed by atoms with E-state index in [0.717, 1.165) is 28.5 Å². The second kappa shape index (κ2) is 6.61. The minimum absolute atomic E-state index is 0.647. The maximum Gasteiger partial charge on any atom is 0.192 e. The highest BCUT2D eigenvalue weighted by Crippen LogP contribution is 2.35. The third kappa shape index (κ3) is 3.63. The number of hydrogen-bond acceptors (Lipinski definition) is 5. The van der Waals surface area contributed by atoms with Crippen LogP contribution < -0.4 is 10.5 Å². The van der Waals surface area contributed by atoms with Crippen molar-refractivity contribution in [1.82, 2.24) is 9.97 Å². The number of nitrogens with two attached hydrogens (primary N) is 1.